The average molecular weight is 400 g/mol. The van der Waals surface area contributed by atoms with Crippen molar-refractivity contribution in [2.45, 2.75) is 16.7 Å². The Labute approximate surface area is 167 Å². The van der Waals surface area contributed by atoms with Gasteiger partial charge in [0.1, 0.15) is 11.2 Å². The van der Waals surface area contributed by atoms with Gasteiger partial charge in [-0.1, -0.05) is 35.2 Å². The van der Waals surface area contributed by atoms with Crippen LogP contribution in [0.3, 0.4) is 0 Å². The second-order valence-electron chi connectivity index (χ2n) is 6.45. The molecule has 1 saturated heterocycles. The lowest BCUT2D eigenvalue weighted by molar-refractivity contribution is 0.0535. The Bertz CT molecular complexity index is 869. The van der Waals surface area contributed by atoms with Gasteiger partial charge in [0.05, 0.1) is 6.10 Å². The van der Waals surface area contributed by atoms with Crippen LogP contribution >= 0.6 is 23.1 Å². The molecule has 4 rings (SSSR count). The first kappa shape index (κ1) is 18.4. The van der Waals surface area contributed by atoms with Crippen molar-refractivity contribution in [1.82, 2.24) is 20.5 Å². The van der Waals surface area contributed by atoms with Crippen LogP contribution in [0.1, 0.15) is 11.8 Å². The van der Waals surface area contributed by atoms with Crippen LogP contribution in [-0.2, 0) is 4.74 Å². The Balaban J connectivity index is 1.31. The summed E-state index contributed by atoms with van der Waals surface area (Å²) in [6.07, 6.45) is 3.65. The number of nitrogens with one attached hydrogen (secondary N) is 1. The maximum absolute atomic E-state index is 6.16. The summed E-state index contributed by atoms with van der Waals surface area (Å²) in [5.74, 6) is 0.851. The molecule has 8 heteroatoms. The van der Waals surface area contributed by atoms with E-state index >= 15 is 0 Å². The molecule has 3 aromatic rings. The highest BCUT2D eigenvalue weighted by Crippen LogP contribution is 2.31. The number of nitrogens with zero attached hydrogens (tertiary/aromatic N) is 4. The van der Waals surface area contributed by atoms with Gasteiger partial charge in [0, 0.05) is 50.0 Å². The van der Waals surface area contributed by atoms with E-state index < -0.39 is 0 Å². The van der Waals surface area contributed by atoms with Crippen molar-refractivity contribution < 1.29 is 4.74 Å². The molecule has 0 radical (unpaired) electrons. The molecular formula is C19H21N5OS2. The molecule has 1 aliphatic rings. The molecule has 0 bridgehead atoms. The van der Waals surface area contributed by atoms with Crippen molar-refractivity contribution in [3.63, 3.8) is 0 Å². The van der Waals surface area contributed by atoms with Crippen LogP contribution in [0.25, 0.3) is 10.6 Å². The first-order chi connectivity index (χ1) is 13.2. The average Bonchev–Trinajstić information content (AvgIpc) is 3.37. The topological polar surface area (TPSA) is 63.2 Å². The van der Waals surface area contributed by atoms with Gasteiger partial charge in [0.2, 0.25) is 0 Å². The molecule has 1 N–H and O–H groups in total. The molecule has 1 fully saturated rings. The summed E-state index contributed by atoms with van der Waals surface area (Å²) in [6, 6.07) is 12.4. The smallest absolute Gasteiger partial charge is 0.174 e. The van der Waals surface area contributed by atoms with E-state index in [9.17, 15) is 0 Å². The molecule has 0 aliphatic carbocycles. The van der Waals surface area contributed by atoms with Gasteiger partial charge in [-0.05, 0) is 29.8 Å². The largest absolute Gasteiger partial charge is 0.378 e. The van der Waals surface area contributed by atoms with E-state index in [0.29, 0.717) is 0 Å². The van der Waals surface area contributed by atoms with E-state index in [0.717, 1.165) is 32.8 Å². The van der Waals surface area contributed by atoms with Gasteiger partial charge in [0.15, 0.2) is 4.34 Å². The highest BCUT2D eigenvalue weighted by molar-refractivity contribution is 8.01. The minimum atomic E-state index is -0.0476. The SMILES string of the molecule is CN(C)c1ccc([C@H]2NC[C@@H](CSc3nnc(-c4ccncc4)s3)O2)cc1. The van der Waals surface area contributed by atoms with Crippen molar-refractivity contribution in [2.75, 3.05) is 31.3 Å². The molecule has 27 heavy (non-hydrogen) atoms. The molecule has 140 valence electrons. The second-order valence-corrected chi connectivity index (χ2v) is 8.70. The van der Waals surface area contributed by atoms with E-state index in [1.54, 1.807) is 35.5 Å². The minimum absolute atomic E-state index is 0.0476. The predicted molar refractivity (Wildman–Crippen MR) is 110 cm³/mol. The van der Waals surface area contributed by atoms with E-state index in [2.05, 4.69) is 49.7 Å². The Morgan fingerprint density at radius 1 is 1.15 bits per heavy atom. The monoisotopic (exact) mass is 399 g/mol. The number of anilines is 1. The fourth-order valence-corrected chi connectivity index (χ4v) is 4.70. The maximum Gasteiger partial charge on any atom is 0.174 e. The van der Waals surface area contributed by atoms with Crippen molar-refractivity contribution >= 4 is 28.8 Å². The summed E-state index contributed by atoms with van der Waals surface area (Å²) in [6.45, 7) is 0.836. The molecule has 3 heterocycles. The van der Waals surface area contributed by atoms with E-state index in [-0.39, 0.29) is 12.3 Å². The molecule has 0 saturated carbocycles. The molecular weight excluding hydrogens is 378 g/mol. The van der Waals surface area contributed by atoms with Gasteiger partial charge in [-0.15, -0.1) is 10.2 Å². The zero-order valence-corrected chi connectivity index (χ0v) is 16.8. The third kappa shape index (κ3) is 4.47. The number of aromatic nitrogens is 3. The first-order valence-electron chi connectivity index (χ1n) is 8.72. The Kier molecular flexibility index (Phi) is 5.68. The lowest BCUT2D eigenvalue weighted by atomic mass is 10.2. The van der Waals surface area contributed by atoms with E-state index in [4.69, 9.17) is 4.74 Å². The van der Waals surface area contributed by atoms with Crippen LogP contribution in [0, 0.1) is 0 Å². The standard InChI is InChI=1S/C19H21N5OS2/c1-24(2)15-5-3-13(4-6-15)17-21-11-16(25-17)12-26-19-23-22-18(27-19)14-7-9-20-10-8-14/h3-10,16-17,21H,11-12H2,1-2H3/t16-,17-/m0/s1. The van der Waals surface area contributed by atoms with E-state index in [1.165, 1.54) is 5.69 Å². The lowest BCUT2D eigenvalue weighted by Crippen LogP contribution is -2.16. The Morgan fingerprint density at radius 3 is 2.67 bits per heavy atom. The third-order valence-corrected chi connectivity index (χ3v) is 6.54. The fourth-order valence-electron chi connectivity index (χ4n) is 2.81. The van der Waals surface area contributed by atoms with Gasteiger partial charge in [-0.3, -0.25) is 10.3 Å². The number of pyridine rings is 1. The highest BCUT2D eigenvalue weighted by Gasteiger charge is 2.26. The van der Waals surface area contributed by atoms with Crippen LogP contribution in [-0.4, -0.2) is 47.7 Å². The molecule has 2 aromatic heterocycles. The van der Waals surface area contributed by atoms with Crippen molar-refractivity contribution in [2.24, 2.45) is 0 Å². The molecule has 1 aromatic carbocycles. The summed E-state index contributed by atoms with van der Waals surface area (Å²) < 4.78 is 7.13. The van der Waals surface area contributed by atoms with Gasteiger partial charge in [0.25, 0.3) is 0 Å². The molecule has 0 amide bonds. The second kappa shape index (κ2) is 8.35. The number of rotatable bonds is 6. The minimum Gasteiger partial charge on any atom is -0.378 e. The highest BCUT2D eigenvalue weighted by atomic mass is 32.2. The lowest BCUT2D eigenvalue weighted by Gasteiger charge is -2.16. The zero-order valence-electron chi connectivity index (χ0n) is 15.2. The predicted octanol–water partition coefficient (Wildman–Crippen LogP) is 3.45. The van der Waals surface area contributed by atoms with Crippen LogP contribution in [0.5, 0.6) is 0 Å². The fraction of sp³-hybridized carbons (Fsp3) is 0.316. The van der Waals surface area contributed by atoms with Crippen LogP contribution < -0.4 is 10.2 Å². The van der Waals surface area contributed by atoms with Crippen molar-refractivity contribution in [3.8, 4) is 10.6 Å². The normalized spacial score (nSPS) is 19.3. The molecule has 6 nitrogen and oxygen atoms in total. The number of ether oxygens (including phenoxy) is 1. The molecule has 2 atom stereocenters. The summed E-state index contributed by atoms with van der Waals surface area (Å²) in [4.78, 5) is 6.13. The van der Waals surface area contributed by atoms with Crippen molar-refractivity contribution in [3.05, 3.63) is 54.4 Å². The summed E-state index contributed by atoms with van der Waals surface area (Å²) in [5.41, 5.74) is 3.39. The summed E-state index contributed by atoms with van der Waals surface area (Å²) in [5, 5.41) is 12.9. The summed E-state index contributed by atoms with van der Waals surface area (Å²) >= 11 is 3.30. The van der Waals surface area contributed by atoms with Crippen LogP contribution in [0.15, 0.2) is 53.1 Å². The molecule has 0 spiro atoms. The number of hydrogen-bond acceptors (Lipinski definition) is 8. The van der Waals surface area contributed by atoms with Gasteiger partial charge in [-0.25, -0.2) is 0 Å². The quantitative estimate of drug-likeness (QED) is 0.637. The Hall–Kier alpha value is -2.00. The Morgan fingerprint density at radius 2 is 1.93 bits per heavy atom. The van der Waals surface area contributed by atoms with Crippen LogP contribution in [0.2, 0.25) is 0 Å². The number of benzene rings is 1. The van der Waals surface area contributed by atoms with Gasteiger partial charge >= 0.3 is 0 Å². The van der Waals surface area contributed by atoms with E-state index in [1.807, 2.05) is 26.2 Å². The first-order valence-corrected chi connectivity index (χ1v) is 10.5. The molecule has 0 unspecified atom stereocenters. The third-order valence-electron chi connectivity index (χ3n) is 4.30. The number of thioether (sulfide) groups is 1. The maximum atomic E-state index is 6.16. The number of hydrogen-bond donors (Lipinski definition) is 1. The van der Waals surface area contributed by atoms with Crippen LogP contribution in [0.4, 0.5) is 5.69 Å². The zero-order chi connectivity index (χ0) is 18.6. The van der Waals surface area contributed by atoms with Gasteiger partial charge in [-0.2, -0.15) is 0 Å². The van der Waals surface area contributed by atoms with Crippen molar-refractivity contribution in [1.29, 1.82) is 0 Å². The van der Waals surface area contributed by atoms with Gasteiger partial charge < -0.3 is 9.64 Å². The molecule has 1 aliphatic heterocycles. The summed E-state index contributed by atoms with van der Waals surface area (Å²) in [7, 11) is 4.08.